The SMILES string of the molecule is O=c1[nH]c(=O)n(C2CC(O)C(COP(=O)(O)Oc3c[nH]c4ccc(I)cc34)O2)cc1F. The molecular weight excluding hydrogens is 551 g/mol. The maximum Gasteiger partial charge on any atom is 0.527 e. The van der Waals surface area contributed by atoms with Gasteiger partial charge in [0.2, 0.25) is 5.82 Å². The maximum atomic E-state index is 13.5. The van der Waals surface area contributed by atoms with Crippen molar-refractivity contribution >= 4 is 41.3 Å². The summed E-state index contributed by atoms with van der Waals surface area (Å²) < 4.78 is 43.1. The number of aromatic nitrogens is 3. The van der Waals surface area contributed by atoms with E-state index in [4.69, 9.17) is 13.8 Å². The highest BCUT2D eigenvalue weighted by Crippen LogP contribution is 2.46. The Kier molecular flexibility index (Phi) is 6.07. The van der Waals surface area contributed by atoms with Crippen molar-refractivity contribution in [3.05, 3.63) is 60.8 Å². The lowest BCUT2D eigenvalue weighted by Crippen LogP contribution is -2.34. The minimum Gasteiger partial charge on any atom is -0.402 e. The third kappa shape index (κ3) is 4.76. The zero-order valence-corrected chi connectivity index (χ0v) is 18.6. The number of aliphatic hydroxyl groups is 1. The van der Waals surface area contributed by atoms with Gasteiger partial charge in [-0.1, -0.05) is 0 Å². The second kappa shape index (κ2) is 8.48. The number of nitrogens with one attached hydrogen (secondary N) is 2. The van der Waals surface area contributed by atoms with E-state index in [-0.39, 0.29) is 12.2 Å². The number of benzene rings is 1. The van der Waals surface area contributed by atoms with E-state index in [2.05, 4.69) is 27.6 Å². The molecule has 4 atom stereocenters. The van der Waals surface area contributed by atoms with Crippen molar-refractivity contribution < 1.29 is 32.7 Å². The monoisotopic (exact) mass is 567 g/mol. The first-order valence-electron chi connectivity index (χ1n) is 8.91. The second-order valence-corrected chi connectivity index (χ2v) is 9.40. The van der Waals surface area contributed by atoms with Crippen LogP contribution in [0.15, 0.2) is 40.2 Å². The fraction of sp³-hybridized carbons (Fsp3) is 0.294. The third-order valence-corrected chi connectivity index (χ3v) is 6.23. The van der Waals surface area contributed by atoms with E-state index in [9.17, 15) is 28.5 Å². The zero-order chi connectivity index (χ0) is 22.3. The van der Waals surface area contributed by atoms with E-state index in [1.807, 2.05) is 6.07 Å². The molecule has 0 radical (unpaired) electrons. The Morgan fingerprint density at radius 1 is 1.39 bits per heavy atom. The van der Waals surface area contributed by atoms with Crippen LogP contribution in [0.5, 0.6) is 5.75 Å². The fourth-order valence-corrected chi connectivity index (χ4v) is 4.45. The van der Waals surface area contributed by atoms with Crippen molar-refractivity contribution in [1.82, 2.24) is 14.5 Å². The lowest BCUT2D eigenvalue weighted by atomic mass is 10.2. The zero-order valence-electron chi connectivity index (χ0n) is 15.5. The molecule has 11 nitrogen and oxygen atoms in total. The van der Waals surface area contributed by atoms with Crippen LogP contribution < -0.4 is 15.8 Å². The molecule has 14 heteroatoms. The Hall–Kier alpha value is -2.03. The summed E-state index contributed by atoms with van der Waals surface area (Å²) in [6.07, 6.45) is -1.42. The van der Waals surface area contributed by atoms with Gasteiger partial charge < -0.3 is 19.4 Å². The summed E-state index contributed by atoms with van der Waals surface area (Å²) in [4.78, 5) is 37.8. The van der Waals surface area contributed by atoms with Crippen LogP contribution >= 0.6 is 30.4 Å². The smallest absolute Gasteiger partial charge is 0.402 e. The van der Waals surface area contributed by atoms with Gasteiger partial charge in [-0.3, -0.25) is 23.8 Å². The van der Waals surface area contributed by atoms with Crippen LogP contribution in [-0.4, -0.2) is 43.3 Å². The van der Waals surface area contributed by atoms with Crippen molar-refractivity contribution in [2.24, 2.45) is 0 Å². The van der Waals surface area contributed by atoms with Gasteiger partial charge in [-0.15, -0.1) is 0 Å². The van der Waals surface area contributed by atoms with Gasteiger partial charge in [0.15, 0.2) is 5.75 Å². The molecule has 3 heterocycles. The first kappa shape index (κ1) is 22.2. The molecule has 1 saturated heterocycles. The largest absolute Gasteiger partial charge is 0.527 e. The Morgan fingerprint density at radius 2 is 2.16 bits per heavy atom. The number of phosphoric ester groups is 1. The molecule has 0 spiro atoms. The number of rotatable bonds is 6. The van der Waals surface area contributed by atoms with Gasteiger partial charge in [0, 0.05) is 27.1 Å². The number of H-pyrrole nitrogens is 2. The Bertz CT molecular complexity index is 1290. The third-order valence-electron chi connectivity index (χ3n) is 4.66. The number of hydrogen-bond donors (Lipinski definition) is 4. The second-order valence-electron chi connectivity index (χ2n) is 6.77. The maximum absolute atomic E-state index is 13.5. The summed E-state index contributed by atoms with van der Waals surface area (Å²) in [6.45, 7) is -0.536. The first-order chi connectivity index (χ1) is 14.6. The molecule has 3 aromatic rings. The highest BCUT2D eigenvalue weighted by Gasteiger charge is 2.38. The van der Waals surface area contributed by atoms with E-state index in [0.29, 0.717) is 17.1 Å². The number of aliphatic hydroxyl groups excluding tert-OH is 1. The molecule has 2 aromatic heterocycles. The molecule has 1 aliphatic heterocycles. The predicted molar refractivity (Wildman–Crippen MR) is 113 cm³/mol. The molecule has 0 bridgehead atoms. The Labute approximate surface area is 186 Å². The average molecular weight is 567 g/mol. The molecular formula is C17H16FIN3O8P. The molecule has 4 rings (SSSR count). The van der Waals surface area contributed by atoms with Crippen molar-refractivity contribution in [2.45, 2.75) is 24.9 Å². The summed E-state index contributed by atoms with van der Waals surface area (Å²) >= 11 is 2.09. The molecule has 0 aliphatic carbocycles. The summed E-state index contributed by atoms with van der Waals surface area (Å²) in [7, 11) is -4.58. The quantitative estimate of drug-likeness (QED) is 0.259. The van der Waals surface area contributed by atoms with Crippen LogP contribution in [0.3, 0.4) is 0 Å². The fourth-order valence-electron chi connectivity index (χ4n) is 3.17. The van der Waals surface area contributed by atoms with Crippen molar-refractivity contribution in [3.8, 4) is 5.75 Å². The molecule has 0 saturated carbocycles. The summed E-state index contributed by atoms with van der Waals surface area (Å²) in [5.74, 6) is -1.08. The lowest BCUT2D eigenvalue weighted by molar-refractivity contribution is -0.0449. The molecule has 1 fully saturated rings. The number of fused-ring (bicyclic) bond motifs is 1. The van der Waals surface area contributed by atoms with Crippen LogP contribution in [-0.2, 0) is 13.8 Å². The standard InChI is InChI=1S/C17H16FIN3O8P/c18-10-6-22(17(25)21-16(10)24)15-4-12(23)14(29-15)7-28-31(26,27)30-13-5-20-11-2-1-8(19)3-9(11)13/h1-3,5-6,12,14-15,20,23H,4,7H2,(H,26,27)(H,21,24,25). The van der Waals surface area contributed by atoms with Crippen LogP contribution in [0, 0.1) is 9.39 Å². The molecule has 166 valence electrons. The van der Waals surface area contributed by atoms with Gasteiger partial charge >= 0.3 is 13.5 Å². The van der Waals surface area contributed by atoms with E-state index in [1.165, 1.54) is 6.20 Å². The molecule has 31 heavy (non-hydrogen) atoms. The number of aromatic amines is 2. The Balaban J connectivity index is 1.43. The van der Waals surface area contributed by atoms with Gasteiger partial charge in [0.1, 0.15) is 12.3 Å². The molecule has 4 N–H and O–H groups in total. The normalized spacial score (nSPS) is 23.2. The number of nitrogens with zero attached hydrogens (tertiary/aromatic N) is 1. The van der Waals surface area contributed by atoms with E-state index in [0.717, 1.165) is 8.14 Å². The molecule has 1 aromatic carbocycles. The highest BCUT2D eigenvalue weighted by atomic mass is 127. The first-order valence-corrected chi connectivity index (χ1v) is 11.5. The predicted octanol–water partition coefficient (Wildman–Crippen LogP) is 1.61. The summed E-state index contributed by atoms with van der Waals surface area (Å²) in [6, 6.07) is 5.40. The Morgan fingerprint density at radius 3 is 2.94 bits per heavy atom. The number of ether oxygens (including phenoxy) is 1. The van der Waals surface area contributed by atoms with Crippen LogP contribution in [0.25, 0.3) is 10.9 Å². The minimum atomic E-state index is -4.58. The topological polar surface area (TPSA) is 156 Å². The summed E-state index contributed by atoms with van der Waals surface area (Å²) in [5.41, 5.74) is -1.40. The molecule has 1 aliphatic rings. The van der Waals surface area contributed by atoms with Gasteiger partial charge in [-0.2, -0.15) is 4.39 Å². The van der Waals surface area contributed by atoms with Gasteiger partial charge in [0.25, 0.3) is 5.56 Å². The molecule has 0 amide bonds. The van der Waals surface area contributed by atoms with Crippen LogP contribution in [0.2, 0.25) is 0 Å². The van der Waals surface area contributed by atoms with Gasteiger partial charge in [-0.05, 0) is 40.8 Å². The average Bonchev–Trinajstić information content (AvgIpc) is 3.26. The minimum absolute atomic E-state index is 0.111. The van der Waals surface area contributed by atoms with E-state index >= 15 is 0 Å². The highest BCUT2D eigenvalue weighted by molar-refractivity contribution is 14.1. The van der Waals surface area contributed by atoms with Crippen LogP contribution in [0.1, 0.15) is 12.6 Å². The molecule has 4 unspecified atom stereocenters. The number of hydrogen-bond acceptors (Lipinski definition) is 7. The van der Waals surface area contributed by atoms with Crippen molar-refractivity contribution in [1.29, 1.82) is 0 Å². The van der Waals surface area contributed by atoms with Gasteiger partial charge in [-0.25, -0.2) is 9.36 Å². The van der Waals surface area contributed by atoms with Gasteiger partial charge in [0.05, 0.1) is 18.9 Å². The van der Waals surface area contributed by atoms with Crippen LogP contribution in [0.4, 0.5) is 4.39 Å². The summed E-state index contributed by atoms with van der Waals surface area (Å²) in [5, 5.41) is 10.7. The number of phosphoric acid groups is 1. The van der Waals surface area contributed by atoms with Crippen molar-refractivity contribution in [2.75, 3.05) is 6.61 Å². The van der Waals surface area contributed by atoms with Crippen molar-refractivity contribution in [3.63, 3.8) is 0 Å². The lowest BCUT2D eigenvalue weighted by Gasteiger charge is -2.18. The van der Waals surface area contributed by atoms with E-state index < -0.39 is 49.9 Å². The number of halogens is 2. The van der Waals surface area contributed by atoms with E-state index in [1.54, 1.807) is 17.1 Å².